The van der Waals surface area contributed by atoms with E-state index < -0.39 is 0 Å². The van der Waals surface area contributed by atoms with E-state index in [0.717, 1.165) is 10.4 Å². The maximum absolute atomic E-state index is 12.1. The molecule has 2 rings (SSSR count). The van der Waals surface area contributed by atoms with Crippen LogP contribution in [0.4, 0.5) is 4.79 Å². The zero-order valence-electron chi connectivity index (χ0n) is 11.8. The Bertz CT molecular complexity index is 639. The number of carbonyl (C=O) groups excluding carboxylic acids is 1. The van der Waals surface area contributed by atoms with Crippen molar-refractivity contribution in [3.63, 3.8) is 0 Å². The van der Waals surface area contributed by atoms with Crippen molar-refractivity contribution in [3.8, 4) is 0 Å². The summed E-state index contributed by atoms with van der Waals surface area (Å²) in [7, 11) is 0. The number of tetrazole rings is 1. The quantitative estimate of drug-likeness (QED) is 0.866. The Morgan fingerprint density at radius 3 is 2.62 bits per heavy atom. The first-order chi connectivity index (χ1) is 10.0. The molecule has 0 saturated heterocycles. The number of hydrogen-bond donors (Lipinski definition) is 0. The highest BCUT2D eigenvalue weighted by Crippen LogP contribution is 2.22. The van der Waals surface area contributed by atoms with Gasteiger partial charge < -0.3 is 4.90 Å². The lowest BCUT2D eigenvalue weighted by Gasteiger charge is -2.16. The van der Waals surface area contributed by atoms with Crippen LogP contribution in [-0.2, 0) is 6.42 Å². The number of hydrogen-bond acceptors (Lipinski definition) is 4. The van der Waals surface area contributed by atoms with E-state index in [1.807, 2.05) is 13.8 Å². The summed E-state index contributed by atoms with van der Waals surface area (Å²) in [6, 6.07) is 4.91. The first-order valence-electron chi connectivity index (χ1n) is 6.57. The first kappa shape index (κ1) is 15.7. The summed E-state index contributed by atoms with van der Waals surface area (Å²) >= 11 is 12.0. The van der Waals surface area contributed by atoms with E-state index in [0.29, 0.717) is 35.4 Å². The molecule has 0 aliphatic carbocycles. The Balaban J connectivity index is 2.15. The van der Waals surface area contributed by atoms with Crippen molar-refractivity contribution >= 4 is 29.2 Å². The Morgan fingerprint density at radius 1 is 1.29 bits per heavy atom. The van der Waals surface area contributed by atoms with Crippen LogP contribution in [0.1, 0.15) is 25.2 Å². The number of carbonyl (C=O) groups is 1. The van der Waals surface area contributed by atoms with E-state index in [2.05, 4.69) is 15.4 Å². The molecule has 8 heteroatoms. The molecule has 0 bridgehead atoms. The summed E-state index contributed by atoms with van der Waals surface area (Å²) in [5.74, 6) is 0.430. The lowest BCUT2D eigenvalue weighted by molar-refractivity contribution is 0.197. The topological polar surface area (TPSA) is 63.9 Å². The summed E-state index contributed by atoms with van der Waals surface area (Å²) in [5, 5.41) is 12.9. The Kier molecular flexibility index (Phi) is 5.14. The second-order valence-electron chi connectivity index (χ2n) is 4.36. The van der Waals surface area contributed by atoms with Gasteiger partial charge in [0.25, 0.3) is 0 Å². The molecule has 1 amide bonds. The molecule has 112 valence electrons. The minimum Gasteiger partial charge on any atom is -0.322 e. The highest BCUT2D eigenvalue weighted by Gasteiger charge is 2.16. The van der Waals surface area contributed by atoms with Crippen LogP contribution in [0.25, 0.3) is 0 Å². The van der Waals surface area contributed by atoms with E-state index in [1.54, 1.807) is 23.1 Å². The van der Waals surface area contributed by atoms with E-state index in [1.165, 1.54) is 0 Å². The molecule has 21 heavy (non-hydrogen) atoms. The standard InChI is InChI=1S/C13H15Cl2N5O/c1-3-19(4-2)13(21)20-17-12(16-18-20)7-9-5-6-10(14)8-11(9)15/h5-6,8H,3-4,7H2,1-2H3. The highest BCUT2D eigenvalue weighted by molar-refractivity contribution is 6.35. The van der Waals surface area contributed by atoms with Gasteiger partial charge in [-0.3, -0.25) is 0 Å². The number of aromatic nitrogens is 4. The third-order valence-corrected chi connectivity index (χ3v) is 3.61. The molecule has 0 fully saturated rings. The molecule has 0 aliphatic rings. The normalized spacial score (nSPS) is 10.7. The van der Waals surface area contributed by atoms with E-state index in [4.69, 9.17) is 23.2 Å². The number of benzene rings is 1. The van der Waals surface area contributed by atoms with Gasteiger partial charge in [0.15, 0.2) is 5.82 Å². The van der Waals surface area contributed by atoms with Crippen molar-refractivity contribution in [2.24, 2.45) is 0 Å². The monoisotopic (exact) mass is 327 g/mol. The molecule has 0 saturated carbocycles. The molecule has 0 N–H and O–H groups in total. The van der Waals surface area contributed by atoms with Gasteiger partial charge in [0.2, 0.25) is 0 Å². The molecule has 0 atom stereocenters. The van der Waals surface area contributed by atoms with Crippen molar-refractivity contribution < 1.29 is 4.79 Å². The van der Waals surface area contributed by atoms with Crippen molar-refractivity contribution in [1.29, 1.82) is 0 Å². The SMILES string of the molecule is CCN(CC)C(=O)n1nnc(Cc2ccc(Cl)cc2Cl)n1. The smallest absolute Gasteiger partial charge is 0.322 e. The molecule has 0 spiro atoms. The van der Waals surface area contributed by atoms with Crippen LogP contribution in [0, 0.1) is 0 Å². The van der Waals surface area contributed by atoms with Crippen molar-refractivity contribution in [3.05, 3.63) is 39.6 Å². The fraction of sp³-hybridized carbons (Fsp3) is 0.385. The molecule has 0 aliphatic heterocycles. The van der Waals surface area contributed by atoms with Gasteiger partial charge in [-0.25, -0.2) is 4.79 Å². The lowest BCUT2D eigenvalue weighted by Crippen LogP contribution is -2.35. The van der Waals surface area contributed by atoms with Crippen LogP contribution in [-0.4, -0.2) is 44.2 Å². The number of halogens is 2. The average Bonchev–Trinajstić information content (AvgIpc) is 2.92. The molecule has 6 nitrogen and oxygen atoms in total. The third-order valence-electron chi connectivity index (χ3n) is 3.02. The van der Waals surface area contributed by atoms with E-state index in [9.17, 15) is 4.79 Å². The molecular weight excluding hydrogens is 313 g/mol. The minimum absolute atomic E-state index is 0.291. The van der Waals surface area contributed by atoms with E-state index >= 15 is 0 Å². The summed E-state index contributed by atoms with van der Waals surface area (Å²) < 4.78 is 0. The summed E-state index contributed by atoms with van der Waals surface area (Å²) in [4.78, 5) is 14.7. The number of rotatable bonds is 4. The zero-order chi connectivity index (χ0) is 15.4. The Hall–Kier alpha value is -1.66. The van der Waals surface area contributed by atoms with Gasteiger partial charge in [0, 0.05) is 29.6 Å². The number of amides is 1. The van der Waals surface area contributed by atoms with Crippen LogP contribution in [0.3, 0.4) is 0 Å². The zero-order valence-corrected chi connectivity index (χ0v) is 13.3. The summed E-state index contributed by atoms with van der Waals surface area (Å²) in [6.45, 7) is 4.98. The van der Waals surface area contributed by atoms with Gasteiger partial charge in [-0.05, 0) is 36.8 Å². The first-order valence-corrected chi connectivity index (χ1v) is 7.32. The van der Waals surface area contributed by atoms with Gasteiger partial charge in [-0.15, -0.1) is 10.2 Å². The number of nitrogens with zero attached hydrogens (tertiary/aromatic N) is 5. The Labute approximate surface area is 132 Å². The fourth-order valence-corrected chi connectivity index (χ4v) is 2.33. The minimum atomic E-state index is -0.291. The summed E-state index contributed by atoms with van der Waals surface area (Å²) in [5.41, 5.74) is 0.830. The van der Waals surface area contributed by atoms with Crippen LogP contribution in [0.15, 0.2) is 18.2 Å². The molecule has 0 radical (unpaired) electrons. The van der Waals surface area contributed by atoms with Crippen LogP contribution >= 0.6 is 23.2 Å². The third kappa shape index (κ3) is 3.71. The highest BCUT2D eigenvalue weighted by atomic mass is 35.5. The van der Waals surface area contributed by atoms with Crippen LogP contribution in [0.5, 0.6) is 0 Å². The van der Waals surface area contributed by atoms with Gasteiger partial charge in [0.05, 0.1) is 0 Å². The predicted molar refractivity (Wildman–Crippen MR) is 80.8 cm³/mol. The van der Waals surface area contributed by atoms with Crippen molar-refractivity contribution in [1.82, 2.24) is 25.1 Å². The molecule has 1 aromatic carbocycles. The molecular formula is C13H15Cl2N5O. The van der Waals surface area contributed by atoms with Gasteiger partial charge >= 0.3 is 6.03 Å². The van der Waals surface area contributed by atoms with Gasteiger partial charge in [-0.2, -0.15) is 0 Å². The van der Waals surface area contributed by atoms with Gasteiger partial charge in [-0.1, -0.05) is 34.1 Å². The second-order valence-corrected chi connectivity index (χ2v) is 5.21. The van der Waals surface area contributed by atoms with Crippen molar-refractivity contribution in [2.75, 3.05) is 13.1 Å². The van der Waals surface area contributed by atoms with E-state index in [-0.39, 0.29) is 6.03 Å². The Morgan fingerprint density at radius 2 is 2.00 bits per heavy atom. The largest absolute Gasteiger partial charge is 0.363 e. The maximum atomic E-state index is 12.1. The molecule has 1 aromatic heterocycles. The maximum Gasteiger partial charge on any atom is 0.363 e. The second kappa shape index (κ2) is 6.87. The summed E-state index contributed by atoms with van der Waals surface area (Å²) in [6.07, 6.45) is 0.390. The lowest BCUT2D eigenvalue weighted by atomic mass is 10.1. The molecule has 2 aromatic rings. The average molecular weight is 328 g/mol. The predicted octanol–water partition coefficient (Wildman–Crippen LogP) is 2.88. The van der Waals surface area contributed by atoms with Gasteiger partial charge in [0.1, 0.15) is 0 Å². The van der Waals surface area contributed by atoms with Crippen LogP contribution in [0.2, 0.25) is 10.0 Å². The fourth-order valence-electron chi connectivity index (χ4n) is 1.85. The van der Waals surface area contributed by atoms with Crippen molar-refractivity contribution in [2.45, 2.75) is 20.3 Å². The van der Waals surface area contributed by atoms with Crippen LogP contribution < -0.4 is 0 Å². The molecule has 1 heterocycles. The molecule has 0 unspecified atom stereocenters.